The van der Waals surface area contributed by atoms with Crippen molar-refractivity contribution in [3.8, 4) is 5.75 Å². The van der Waals surface area contributed by atoms with Crippen LogP contribution in [-0.2, 0) is 6.42 Å². The molecular weight excluding hydrogens is 294 g/mol. The number of benzene rings is 1. The molecule has 0 atom stereocenters. The van der Waals surface area contributed by atoms with Gasteiger partial charge in [-0.05, 0) is 37.1 Å². The summed E-state index contributed by atoms with van der Waals surface area (Å²) < 4.78 is 5.45. The number of hydrogen-bond donors (Lipinski definition) is 0. The fraction of sp³-hybridized carbons (Fsp3) is 0.500. The number of carbonyl (C=O) groups excluding carboxylic acids is 1. The summed E-state index contributed by atoms with van der Waals surface area (Å²) in [5, 5.41) is 0.925. The molecule has 1 aliphatic rings. The Hall–Kier alpha value is -1.03. The van der Waals surface area contributed by atoms with Crippen LogP contribution in [0.2, 0.25) is 0 Å². The molecule has 0 unspecified atom stereocenters. The van der Waals surface area contributed by atoms with E-state index in [9.17, 15) is 4.79 Å². The van der Waals surface area contributed by atoms with E-state index in [2.05, 4.69) is 15.9 Å². The second kappa shape index (κ2) is 6.23. The zero-order chi connectivity index (χ0) is 13.0. The van der Waals surface area contributed by atoms with Crippen LogP contribution >= 0.6 is 15.9 Å². The van der Waals surface area contributed by atoms with Crippen LogP contribution in [0.5, 0.6) is 5.75 Å². The van der Waals surface area contributed by atoms with Crippen molar-refractivity contribution in [2.75, 3.05) is 25.0 Å². The Kier molecular flexibility index (Phi) is 4.64. The van der Waals surface area contributed by atoms with E-state index < -0.39 is 0 Å². The largest absolute Gasteiger partial charge is 0.493 e. The van der Waals surface area contributed by atoms with Crippen molar-refractivity contribution < 1.29 is 9.53 Å². The predicted molar refractivity (Wildman–Crippen MR) is 75.6 cm³/mol. The molecule has 0 saturated carbocycles. The number of carbonyl (C=O) groups is 1. The summed E-state index contributed by atoms with van der Waals surface area (Å²) in [6.07, 6.45) is 1.89. The zero-order valence-electron chi connectivity index (χ0n) is 10.6. The van der Waals surface area contributed by atoms with Crippen molar-refractivity contribution in [3.63, 3.8) is 0 Å². The smallest absolute Gasteiger partial charge is 0.253 e. The van der Waals surface area contributed by atoms with E-state index in [1.807, 2.05) is 30.0 Å². The lowest BCUT2D eigenvalue weighted by atomic mass is 10.1. The average Bonchev–Trinajstić information content (AvgIpc) is 2.86. The Morgan fingerprint density at radius 3 is 3.06 bits per heavy atom. The summed E-state index contributed by atoms with van der Waals surface area (Å²) in [7, 11) is 0. The van der Waals surface area contributed by atoms with Crippen LogP contribution in [0.1, 0.15) is 29.3 Å². The first kappa shape index (κ1) is 13.4. The van der Waals surface area contributed by atoms with Gasteiger partial charge in [0, 0.05) is 30.4 Å². The summed E-state index contributed by atoms with van der Waals surface area (Å²) >= 11 is 3.40. The van der Waals surface area contributed by atoms with E-state index in [0.717, 1.165) is 54.7 Å². The Morgan fingerprint density at radius 2 is 2.33 bits per heavy atom. The molecule has 4 heteroatoms. The van der Waals surface area contributed by atoms with Gasteiger partial charge < -0.3 is 9.64 Å². The van der Waals surface area contributed by atoms with Gasteiger partial charge in [-0.3, -0.25) is 4.79 Å². The summed E-state index contributed by atoms with van der Waals surface area (Å²) in [6, 6.07) is 5.75. The minimum absolute atomic E-state index is 0.119. The van der Waals surface area contributed by atoms with E-state index in [1.165, 1.54) is 0 Å². The summed E-state index contributed by atoms with van der Waals surface area (Å²) in [6.45, 7) is 4.30. The number of halogens is 1. The number of ether oxygens (including phenoxy) is 1. The van der Waals surface area contributed by atoms with Crippen molar-refractivity contribution in [1.82, 2.24) is 4.90 Å². The molecular formula is C14H18BrNO2. The maximum atomic E-state index is 12.4. The summed E-state index contributed by atoms with van der Waals surface area (Å²) in [5.74, 6) is 1.04. The highest BCUT2D eigenvalue weighted by atomic mass is 79.9. The minimum Gasteiger partial charge on any atom is -0.493 e. The lowest BCUT2D eigenvalue weighted by molar-refractivity contribution is 0.0765. The SMILES string of the molecule is CCN(CCCBr)C(=O)c1ccc2c(c1)CCO2. The molecule has 1 amide bonds. The maximum absolute atomic E-state index is 12.4. The van der Waals surface area contributed by atoms with Crippen LogP contribution in [0.15, 0.2) is 18.2 Å². The highest BCUT2D eigenvalue weighted by Crippen LogP contribution is 2.26. The second-order valence-corrected chi connectivity index (χ2v) is 5.14. The van der Waals surface area contributed by atoms with Crippen molar-refractivity contribution in [2.45, 2.75) is 19.8 Å². The molecule has 98 valence electrons. The first-order valence-corrected chi connectivity index (χ1v) is 7.49. The van der Waals surface area contributed by atoms with Crippen LogP contribution < -0.4 is 4.74 Å². The molecule has 0 aliphatic carbocycles. The van der Waals surface area contributed by atoms with Gasteiger partial charge >= 0.3 is 0 Å². The average molecular weight is 312 g/mol. The quantitative estimate of drug-likeness (QED) is 0.783. The normalized spacial score (nSPS) is 13.0. The van der Waals surface area contributed by atoms with Gasteiger partial charge in [0.05, 0.1) is 6.61 Å². The molecule has 0 spiro atoms. The molecule has 1 aliphatic heterocycles. The number of rotatable bonds is 5. The molecule has 0 N–H and O–H groups in total. The van der Waals surface area contributed by atoms with Gasteiger partial charge in [0.15, 0.2) is 0 Å². The lowest BCUT2D eigenvalue weighted by Crippen LogP contribution is -2.32. The Balaban J connectivity index is 2.12. The number of amides is 1. The van der Waals surface area contributed by atoms with Crippen molar-refractivity contribution in [2.24, 2.45) is 0 Å². The Labute approximate surface area is 116 Å². The summed E-state index contributed by atoms with van der Waals surface area (Å²) in [5.41, 5.74) is 1.92. The van der Waals surface area contributed by atoms with Gasteiger partial charge in [0.1, 0.15) is 5.75 Å². The summed E-state index contributed by atoms with van der Waals surface area (Å²) in [4.78, 5) is 14.2. The molecule has 3 nitrogen and oxygen atoms in total. The van der Waals surface area contributed by atoms with Crippen molar-refractivity contribution >= 4 is 21.8 Å². The van der Waals surface area contributed by atoms with Crippen LogP contribution in [0.25, 0.3) is 0 Å². The first-order chi connectivity index (χ1) is 8.76. The van der Waals surface area contributed by atoms with Gasteiger partial charge in [0.2, 0.25) is 0 Å². The highest BCUT2D eigenvalue weighted by molar-refractivity contribution is 9.09. The Morgan fingerprint density at radius 1 is 1.50 bits per heavy atom. The third-order valence-electron chi connectivity index (χ3n) is 3.17. The fourth-order valence-electron chi connectivity index (χ4n) is 2.16. The number of nitrogens with zero attached hydrogens (tertiary/aromatic N) is 1. The van der Waals surface area contributed by atoms with Gasteiger partial charge in [-0.1, -0.05) is 15.9 Å². The lowest BCUT2D eigenvalue weighted by Gasteiger charge is -2.20. The van der Waals surface area contributed by atoms with E-state index in [1.54, 1.807) is 0 Å². The van der Waals surface area contributed by atoms with Gasteiger partial charge in [-0.2, -0.15) is 0 Å². The van der Waals surface area contributed by atoms with E-state index >= 15 is 0 Å². The molecule has 1 aromatic rings. The van der Waals surface area contributed by atoms with E-state index in [0.29, 0.717) is 0 Å². The monoisotopic (exact) mass is 311 g/mol. The third kappa shape index (κ3) is 2.86. The molecule has 0 fully saturated rings. The van der Waals surface area contributed by atoms with E-state index in [4.69, 9.17) is 4.74 Å². The van der Waals surface area contributed by atoms with Crippen LogP contribution in [0.4, 0.5) is 0 Å². The van der Waals surface area contributed by atoms with Gasteiger partial charge in [-0.25, -0.2) is 0 Å². The van der Waals surface area contributed by atoms with Crippen LogP contribution in [0, 0.1) is 0 Å². The first-order valence-electron chi connectivity index (χ1n) is 6.37. The van der Waals surface area contributed by atoms with Gasteiger partial charge in [-0.15, -0.1) is 0 Å². The molecule has 18 heavy (non-hydrogen) atoms. The van der Waals surface area contributed by atoms with Crippen LogP contribution in [0.3, 0.4) is 0 Å². The topological polar surface area (TPSA) is 29.5 Å². The van der Waals surface area contributed by atoms with Crippen molar-refractivity contribution in [1.29, 1.82) is 0 Å². The molecule has 1 heterocycles. The number of alkyl halides is 1. The van der Waals surface area contributed by atoms with E-state index in [-0.39, 0.29) is 5.91 Å². The molecule has 0 radical (unpaired) electrons. The number of fused-ring (bicyclic) bond motifs is 1. The second-order valence-electron chi connectivity index (χ2n) is 4.35. The molecule has 0 aromatic heterocycles. The zero-order valence-corrected chi connectivity index (χ0v) is 12.2. The molecule has 1 aromatic carbocycles. The predicted octanol–water partition coefficient (Wildman–Crippen LogP) is 2.87. The molecule has 2 rings (SSSR count). The standard InChI is InChI=1S/C14H18BrNO2/c1-2-16(8-3-7-15)14(17)12-4-5-13-11(10-12)6-9-18-13/h4-5,10H,2-3,6-9H2,1H3. The molecule has 0 bridgehead atoms. The highest BCUT2D eigenvalue weighted by Gasteiger charge is 2.18. The third-order valence-corrected chi connectivity index (χ3v) is 3.73. The molecule has 0 saturated heterocycles. The Bertz CT molecular complexity index is 434. The van der Waals surface area contributed by atoms with Crippen molar-refractivity contribution in [3.05, 3.63) is 29.3 Å². The maximum Gasteiger partial charge on any atom is 0.253 e. The van der Waals surface area contributed by atoms with Crippen LogP contribution in [-0.4, -0.2) is 35.8 Å². The minimum atomic E-state index is 0.119. The number of hydrogen-bond acceptors (Lipinski definition) is 2. The van der Waals surface area contributed by atoms with Gasteiger partial charge in [0.25, 0.3) is 5.91 Å². The fourth-order valence-corrected chi connectivity index (χ4v) is 2.41.